The number of hydrogen-bond acceptors (Lipinski definition) is 5. The van der Waals surface area contributed by atoms with E-state index in [1.165, 1.54) is 12.3 Å². The zero-order valence-corrected chi connectivity index (χ0v) is 18.1. The summed E-state index contributed by atoms with van der Waals surface area (Å²) in [7, 11) is 0. The molecule has 0 spiro atoms. The highest BCUT2D eigenvalue weighted by Crippen LogP contribution is 2.34. The SMILES string of the molecule is Cc1c(OCc2cccc(-c3occc3C(=O)O)c2)ccc(C(=O)CC(C)(C)C)c1O. The number of ether oxygens (including phenoxy) is 1. The summed E-state index contributed by atoms with van der Waals surface area (Å²) in [6.45, 7) is 7.83. The lowest BCUT2D eigenvalue weighted by Crippen LogP contribution is -2.13. The van der Waals surface area contributed by atoms with Gasteiger partial charge in [-0.15, -0.1) is 0 Å². The summed E-state index contributed by atoms with van der Waals surface area (Å²) < 4.78 is 11.2. The lowest BCUT2D eigenvalue weighted by molar-refractivity contribution is 0.0696. The van der Waals surface area contributed by atoms with Crippen molar-refractivity contribution in [3.8, 4) is 22.8 Å². The van der Waals surface area contributed by atoms with Crippen LogP contribution in [0, 0.1) is 12.3 Å². The second-order valence-corrected chi connectivity index (χ2v) is 8.70. The fraction of sp³-hybridized carbons (Fsp3) is 0.280. The molecular formula is C25H26O6. The third-order valence-electron chi connectivity index (χ3n) is 4.85. The number of phenols is 1. The fourth-order valence-corrected chi connectivity index (χ4v) is 3.30. The quantitative estimate of drug-likeness (QED) is 0.463. The Kier molecular flexibility index (Phi) is 6.20. The van der Waals surface area contributed by atoms with Crippen LogP contribution < -0.4 is 4.74 Å². The van der Waals surface area contributed by atoms with Gasteiger partial charge in [0, 0.05) is 17.5 Å². The average molecular weight is 422 g/mol. The second-order valence-electron chi connectivity index (χ2n) is 8.70. The largest absolute Gasteiger partial charge is 0.507 e. The van der Waals surface area contributed by atoms with Gasteiger partial charge in [0.25, 0.3) is 0 Å². The molecule has 0 aliphatic carbocycles. The van der Waals surface area contributed by atoms with E-state index in [0.717, 1.165) is 5.56 Å². The molecule has 0 saturated heterocycles. The number of hydrogen-bond donors (Lipinski definition) is 2. The Labute approximate surface area is 181 Å². The number of benzene rings is 2. The van der Waals surface area contributed by atoms with E-state index >= 15 is 0 Å². The number of carboxylic acid groups (broad SMARTS) is 1. The summed E-state index contributed by atoms with van der Waals surface area (Å²) >= 11 is 0. The van der Waals surface area contributed by atoms with Gasteiger partial charge in [-0.05, 0) is 42.2 Å². The van der Waals surface area contributed by atoms with E-state index in [2.05, 4.69) is 0 Å². The second kappa shape index (κ2) is 8.68. The van der Waals surface area contributed by atoms with Crippen LogP contribution in [0.2, 0.25) is 0 Å². The van der Waals surface area contributed by atoms with Gasteiger partial charge in [0.05, 0.1) is 11.8 Å². The molecule has 0 bridgehead atoms. The maximum Gasteiger partial charge on any atom is 0.339 e. The van der Waals surface area contributed by atoms with Gasteiger partial charge in [-0.1, -0.05) is 39.0 Å². The molecular weight excluding hydrogens is 396 g/mol. The summed E-state index contributed by atoms with van der Waals surface area (Å²) in [4.78, 5) is 23.8. The van der Waals surface area contributed by atoms with Crippen molar-refractivity contribution >= 4 is 11.8 Å². The van der Waals surface area contributed by atoms with Crippen molar-refractivity contribution < 1.29 is 29.0 Å². The molecule has 0 radical (unpaired) electrons. The van der Waals surface area contributed by atoms with Crippen molar-refractivity contribution in [1.82, 2.24) is 0 Å². The van der Waals surface area contributed by atoms with Crippen LogP contribution in [-0.4, -0.2) is 22.0 Å². The number of aromatic hydroxyl groups is 1. The van der Waals surface area contributed by atoms with Gasteiger partial charge in [-0.25, -0.2) is 4.79 Å². The van der Waals surface area contributed by atoms with Crippen LogP contribution in [0.3, 0.4) is 0 Å². The molecule has 162 valence electrons. The van der Waals surface area contributed by atoms with Gasteiger partial charge >= 0.3 is 5.97 Å². The minimum atomic E-state index is -1.06. The Morgan fingerprint density at radius 1 is 1.06 bits per heavy atom. The fourth-order valence-electron chi connectivity index (χ4n) is 3.30. The number of furan rings is 1. The predicted molar refractivity (Wildman–Crippen MR) is 117 cm³/mol. The van der Waals surface area contributed by atoms with E-state index in [1.807, 2.05) is 26.8 Å². The molecule has 0 aliphatic rings. The van der Waals surface area contributed by atoms with Gasteiger partial charge in [0.1, 0.15) is 29.4 Å². The molecule has 0 fully saturated rings. The van der Waals surface area contributed by atoms with Crippen molar-refractivity contribution in [2.24, 2.45) is 5.41 Å². The average Bonchev–Trinajstić information content (AvgIpc) is 3.18. The highest BCUT2D eigenvalue weighted by molar-refractivity contribution is 5.99. The molecule has 2 N–H and O–H groups in total. The Hall–Kier alpha value is -3.54. The number of carboxylic acids is 1. The van der Waals surface area contributed by atoms with Crippen LogP contribution in [0.1, 0.15) is 59.0 Å². The number of carbonyl (C=O) groups excluding carboxylic acids is 1. The zero-order valence-electron chi connectivity index (χ0n) is 18.1. The van der Waals surface area contributed by atoms with Crippen LogP contribution in [0.5, 0.6) is 11.5 Å². The molecule has 1 aromatic heterocycles. The van der Waals surface area contributed by atoms with E-state index in [9.17, 15) is 19.8 Å². The standard InChI is InChI=1S/C25H26O6/c1-15-21(9-8-18(22(15)27)20(26)13-25(2,3)4)31-14-16-6-5-7-17(12-16)23-19(24(28)29)10-11-30-23/h5-12,27H,13-14H2,1-4H3,(H,28,29). The minimum Gasteiger partial charge on any atom is -0.507 e. The van der Waals surface area contributed by atoms with Crippen molar-refractivity contribution in [2.45, 2.75) is 40.7 Å². The number of phenolic OH excluding ortho intramolecular Hbond substituents is 1. The van der Waals surface area contributed by atoms with Crippen molar-refractivity contribution in [2.75, 3.05) is 0 Å². The molecule has 0 unspecified atom stereocenters. The highest BCUT2D eigenvalue weighted by Gasteiger charge is 2.22. The normalized spacial score (nSPS) is 11.4. The van der Waals surface area contributed by atoms with Crippen molar-refractivity contribution in [3.05, 3.63) is 71.0 Å². The molecule has 2 aromatic carbocycles. The Morgan fingerprint density at radius 3 is 2.48 bits per heavy atom. The number of aromatic carboxylic acids is 1. The third-order valence-corrected chi connectivity index (χ3v) is 4.85. The van der Waals surface area contributed by atoms with Gasteiger partial charge in [-0.2, -0.15) is 0 Å². The predicted octanol–water partition coefficient (Wildman–Crippen LogP) is 5.86. The van der Waals surface area contributed by atoms with E-state index in [1.54, 1.807) is 37.3 Å². The first-order valence-electron chi connectivity index (χ1n) is 9.95. The monoisotopic (exact) mass is 422 g/mol. The molecule has 0 aliphatic heterocycles. The molecule has 6 heteroatoms. The summed E-state index contributed by atoms with van der Waals surface area (Å²) in [5, 5.41) is 19.8. The molecule has 31 heavy (non-hydrogen) atoms. The third kappa shape index (κ3) is 5.15. The molecule has 6 nitrogen and oxygen atoms in total. The first-order valence-corrected chi connectivity index (χ1v) is 9.95. The van der Waals surface area contributed by atoms with Crippen LogP contribution in [0.25, 0.3) is 11.3 Å². The van der Waals surface area contributed by atoms with Crippen LogP contribution >= 0.6 is 0 Å². The molecule has 0 amide bonds. The van der Waals surface area contributed by atoms with Crippen LogP contribution in [0.15, 0.2) is 53.1 Å². The highest BCUT2D eigenvalue weighted by atomic mass is 16.5. The Bertz CT molecular complexity index is 1120. The molecule has 1 heterocycles. The van der Waals surface area contributed by atoms with Crippen molar-refractivity contribution in [3.63, 3.8) is 0 Å². The summed E-state index contributed by atoms with van der Waals surface area (Å²) in [5.74, 6) is -0.482. The number of rotatable bonds is 7. The molecule has 3 aromatic rings. The van der Waals surface area contributed by atoms with E-state index < -0.39 is 5.97 Å². The first kappa shape index (κ1) is 22.2. The first-order chi connectivity index (χ1) is 14.6. The van der Waals surface area contributed by atoms with E-state index in [4.69, 9.17) is 9.15 Å². The van der Waals surface area contributed by atoms with Gasteiger partial charge in [-0.3, -0.25) is 4.79 Å². The maximum absolute atomic E-state index is 12.5. The van der Waals surface area contributed by atoms with Gasteiger partial charge in [0.2, 0.25) is 0 Å². The van der Waals surface area contributed by atoms with Gasteiger partial charge < -0.3 is 19.4 Å². The van der Waals surface area contributed by atoms with E-state index in [0.29, 0.717) is 28.9 Å². The molecule has 0 saturated carbocycles. The number of carbonyl (C=O) groups is 2. The van der Waals surface area contributed by atoms with Gasteiger partial charge in [0.15, 0.2) is 5.78 Å². The summed E-state index contributed by atoms with van der Waals surface area (Å²) in [6, 6.07) is 11.9. The van der Waals surface area contributed by atoms with Crippen molar-refractivity contribution in [1.29, 1.82) is 0 Å². The Balaban J connectivity index is 1.78. The Morgan fingerprint density at radius 2 is 1.81 bits per heavy atom. The molecule has 0 atom stereocenters. The van der Waals surface area contributed by atoms with Crippen LogP contribution in [-0.2, 0) is 6.61 Å². The number of Topliss-reactive ketones (excluding diaryl/α,β-unsaturated/α-hetero) is 1. The summed E-state index contributed by atoms with van der Waals surface area (Å²) in [6.07, 6.45) is 1.68. The summed E-state index contributed by atoms with van der Waals surface area (Å²) in [5.41, 5.74) is 2.14. The van der Waals surface area contributed by atoms with E-state index in [-0.39, 0.29) is 34.9 Å². The zero-order chi connectivity index (χ0) is 22.8. The topological polar surface area (TPSA) is 97.0 Å². The molecule has 3 rings (SSSR count). The number of ketones is 1. The van der Waals surface area contributed by atoms with Crippen LogP contribution in [0.4, 0.5) is 0 Å². The lowest BCUT2D eigenvalue weighted by atomic mass is 9.87. The lowest BCUT2D eigenvalue weighted by Gasteiger charge is -2.18. The maximum atomic E-state index is 12.5. The smallest absolute Gasteiger partial charge is 0.339 e. The minimum absolute atomic E-state index is 0.0674.